The smallest absolute Gasteiger partial charge is 0.481 e. The number of hydrogen-bond acceptors (Lipinski definition) is 7. The summed E-state index contributed by atoms with van der Waals surface area (Å²) in [4.78, 5) is 19.6. The van der Waals surface area contributed by atoms with E-state index >= 15 is 0 Å². The van der Waals surface area contributed by atoms with E-state index in [-0.39, 0.29) is 29.8 Å². The molecular formula is C24H23F2N3O5. The summed E-state index contributed by atoms with van der Waals surface area (Å²) in [5, 5.41) is 12.5. The summed E-state index contributed by atoms with van der Waals surface area (Å²) in [6.07, 6.45) is 0.0278. The van der Waals surface area contributed by atoms with Crippen LogP contribution in [0.15, 0.2) is 48.8 Å². The van der Waals surface area contributed by atoms with Crippen molar-refractivity contribution in [3.05, 3.63) is 54.4 Å². The van der Waals surface area contributed by atoms with Crippen LogP contribution in [-0.4, -0.2) is 33.9 Å². The number of nitrogens with zero attached hydrogens (tertiary/aromatic N) is 2. The Labute approximate surface area is 194 Å². The van der Waals surface area contributed by atoms with E-state index in [1.807, 2.05) is 32.0 Å². The van der Waals surface area contributed by atoms with E-state index < -0.39 is 12.3 Å². The summed E-state index contributed by atoms with van der Waals surface area (Å²) in [5.41, 5.74) is 3.31. The highest BCUT2D eigenvalue weighted by atomic mass is 19.3. The Balaban J connectivity index is 1.73. The Morgan fingerprint density at radius 2 is 1.85 bits per heavy atom. The second kappa shape index (κ2) is 9.50. The molecule has 10 heteroatoms. The number of aromatic nitrogens is 2. The Hall–Kier alpha value is -3.95. The molecule has 4 rings (SSSR count). The van der Waals surface area contributed by atoms with Gasteiger partial charge < -0.3 is 24.6 Å². The molecule has 1 atom stereocenters. The van der Waals surface area contributed by atoms with Crippen molar-refractivity contribution in [3.8, 4) is 28.6 Å². The standard InChI is InChI=1S/C24H23F2N3O5/c1-3-14(11-22(30)31)15-5-7-18(16-6-8-20-21(10-16)34-24(25,26)33-20)19(9-15)29-17-12-27-23(28-13-17)32-4-2/h5-10,12-14,29H,3-4,11H2,1-2H3,(H,30,31). The molecule has 8 nitrogen and oxygen atoms in total. The van der Waals surface area contributed by atoms with E-state index in [0.29, 0.717) is 35.5 Å². The molecule has 1 aliphatic rings. The summed E-state index contributed by atoms with van der Waals surface area (Å²) in [6, 6.07) is 10.3. The van der Waals surface area contributed by atoms with Crippen molar-refractivity contribution in [2.24, 2.45) is 0 Å². The minimum absolute atomic E-state index is 0.0133. The summed E-state index contributed by atoms with van der Waals surface area (Å²) in [7, 11) is 0. The number of rotatable bonds is 9. The van der Waals surface area contributed by atoms with Crippen molar-refractivity contribution in [2.75, 3.05) is 11.9 Å². The fourth-order valence-electron chi connectivity index (χ4n) is 3.74. The molecule has 1 aliphatic heterocycles. The third-order valence-corrected chi connectivity index (χ3v) is 5.32. The van der Waals surface area contributed by atoms with E-state index in [1.165, 1.54) is 12.1 Å². The van der Waals surface area contributed by atoms with Crippen LogP contribution in [-0.2, 0) is 4.79 Å². The number of fused-ring (bicyclic) bond motifs is 1. The first-order valence-electron chi connectivity index (χ1n) is 10.8. The predicted molar refractivity (Wildman–Crippen MR) is 120 cm³/mol. The average molecular weight is 471 g/mol. The van der Waals surface area contributed by atoms with Gasteiger partial charge in [0.1, 0.15) is 0 Å². The average Bonchev–Trinajstić information content (AvgIpc) is 3.11. The zero-order valence-electron chi connectivity index (χ0n) is 18.5. The highest BCUT2D eigenvalue weighted by Crippen LogP contribution is 2.44. The van der Waals surface area contributed by atoms with Crippen molar-refractivity contribution < 1.29 is 32.9 Å². The number of aliphatic carboxylic acids is 1. The zero-order valence-corrected chi connectivity index (χ0v) is 18.5. The van der Waals surface area contributed by atoms with Crippen LogP contribution in [0.1, 0.15) is 38.2 Å². The second-order valence-corrected chi connectivity index (χ2v) is 7.65. The van der Waals surface area contributed by atoms with E-state index in [2.05, 4.69) is 24.8 Å². The molecule has 0 bridgehead atoms. The quantitative estimate of drug-likeness (QED) is 0.417. The number of benzene rings is 2. The molecule has 1 aromatic heterocycles. The molecule has 0 amide bonds. The second-order valence-electron chi connectivity index (χ2n) is 7.65. The Morgan fingerprint density at radius 1 is 1.12 bits per heavy atom. The summed E-state index contributed by atoms with van der Waals surface area (Å²) in [6.45, 7) is 4.19. The first kappa shape index (κ1) is 23.2. The molecule has 2 aromatic carbocycles. The summed E-state index contributed by atoms with van der Waals surface area (Å²) >= 11 is 0. The number of carboxylic acid groups (broad SMARTS) is 1. The van der Waals surface area contributed by atoms with Gasteiger partial charge in [0, 0.05) is 11.3 Å². The lowest BCUT2D eigenvalue weighted by Gasteiger charge is -2.18. The zero-order chi connectivity index (χ0) is 24.3. The number of alkyl halides is 2. The molecule has 0 fully saturated rings. The number of ether oxygens (including phenoxy) is 3. The number of halogens is 2. The molecule has 2 N–H and O–H groups in total. The van der Waals surface area contributed by atoms with Gasteiger partial charge in [0.25, 0.3) is 0 Å². The lowest BCUT2D eigenvalue weighted by molar-refractivity contribution is -0.286. The lowest BCUT2D eigenvalue weighted by Crippen LogP contribution is -2.25. The van der Waals surface area contributed by atoms with Crippen LogP contribution in [0, 0.1) is 0 Å². The Morgan fingerprint density at radius 3 is 2.53 bits per heavy atom. The molecule has 0 spiro atoms. The predicted octanol–water partition coefficient (Wildman–Crippen LogP) is 5.58. The molecule has 34 heavy (non-hydrogen) atoms. The van der Waals surface area contributed by atoms with E-state index in [9.17, 15) is 18.7 Å². The van der Waals surface area contributed by atoms with Gasteiger partial charge in [-0.15, -0.1) is 8.78 Å². The lowest BCUT2D eigenvalue weighted by atomic mass is 9.90. The van der Waals surface area contributed by atoms with Gasteiger partial charge in [-0.1, -0.05) is 25.1 Å². The van der Waals surface area contributed by atoms with Gasteiger partial charge in [0.15, 0.2) is 11.5 Å². The molecular weight excluding hydrogens is 448 g/mol. The maximum Gasteiger partial charge on any atom is 0.586 e. The normalized spacial score (nSPS) is 14.5. The monoisotopic (exact) mass is 471 g/mol. The van der Waals surface area contributed by atoms with Gasteiger partial charge in [-0.25, -0.2) is 9.97 Å². The number of carboxylic acids is 1. The largest absolute Gasteiger partial charge is 0.586 e. The highest BCUT2D eigenvalue weighted by molar-refractivity contribution is 5.83. The first-order chi connectivity index (χ1) is 16.3. The van der Waals surface area contributed by atoms with Crippen molar-refractivity contribution in [3.63, 3.8) is 0 Å². The maximum absolute atomic E-state index is 13.5. The van der Waals surface area contributed by atoms with Gasteiger partial charge >= 0.3 is 18.3 Å². The van der Waals surface area contributed by atoms with Crippen molar-refractivity contribution in [2.45, 2.75) is 38.9 Å². The van der Waals surface area contributed by atoms with E-state index in [4.69, 9.17) is 4.74 Å². The molecule has 0 saturated heterocycles. The number of nitrogens with one attached hydrogen (secondary N) is 1. The van der Waals surface area contributed by atoms with Crippen LogP contribution in [0.4, 0.5) is 20.2 Å². The van der Waals surface area contributed by atoms with Crippen molar-refractivity contribution >= 4 is 17.3 Å². The van der Waals surface area contributed by atoms with Gasteiger partial charge in [0.05, 0.1) is 31.1 Å². The number of hydrogen-bond donors (Lipinski definition) is 2. The third kappa shape index (κ3) is 5.16. The molecule has 178 valence electrons. The van der Waals surface area contributed by atoms with Crippen molar-refractivity contribution in [1.82, 2.24) is 9.97 Å². The summed E-state index contributed by atoms with van der Waals surface area (Å²) in [5.74, 6) is -1.20. The molecule has 0 radical (unpaired) electrons. The molecule has 0 aliphatic carbocycles. The summed E-state index contributed by atoms with van der Waals surface area (Å²) < 4.78 is 41.3. The number of carbonyl (C=O) groups is 1. The van der Waals surface area contributed by atoms with Crippen LogP contribution in [0.2, 0.25) is 0 Å². The minimum atomic E-state index is -3.71. The van der Waals surface area contributed by atoms with Gasteiger partial charge in [0.2, 0.25) is 0 Å². The molecule has 0 saturated carbocycles. The Bertz CT molecular complexity index is 1190. The van der Waals surface area contributed by atoms with Gasteiger partial charge in [-0.05, 0) is 48.6 Å². The van der Waals surface area contributed by atoms with Crippen LogP contribution >= 0.6 is 0 Å². The topological polar surface area (TPSA) is 103 Å². The SMILES string of the molecule is CCOc1ncc(Nc2cc(C(CC)CC(=O)O)ccc2-c2ccc3c(c2)OC(F)(F)O3)cn1. The van der Waals surface area contributed by atoms with Crippen LogP contribution in [0.5, 0.6) is 17.5 Å². The Kier molecular flexibility index (Phi) is 6.49. The fraction of sp³-hybridized carbons (Fsp3) is 0.292. The third-order valence-electron chi connectivity index (χ3n) is 5.32. The van der Waals surface area contributed by atoms with Crippen molar-refractivity contribution in [1.29, 1.82) is 0 Å². The van der Waals surface area contributed by atoms with Crippen LogP contribution < -0.4 is 19.5 Å². The van der Waals surface area contributed by atoms with Gasteiger partial charge in [-0.2, -0.15) is 0 Å². The van der Waals surface area contributed by atoms with Crippen LogP contribution in [0.3, 0.4) is 0 Å². The van der Waals surface area contributed by atoms with Gasteiger partial charge in [-0.3, -0.25) is 4.79 Å². The fourth-order valence-corrected chi connectivity index (χ4v) is 3.74. The van der Waals surface area contributed by atoms with Crippen LogP contribution in [0.25, 0.3) is 11.1 Å². The maximum atomic E-state index is 13.5. The molecule has 2 heterocycles. The minimum Gasteiger partial charge on any atom is -0.481 e. The van der Waals surface area contributed by atoms with E-state index in [0.717, 1.165) is 5.56 Å². The molecule has 3 aromatic rings. The highest BCUT2D eigenvalue weighted by Gasteiger charge is 2.43. The first-order valence-corrected chi connectivity index (χ1v) is 10.8. The molecule has 1 unspecified atom stereocenters. The van der Waals surface area contributed by atoms with E-state index in [1.54, 1.807) is 18.5 Å². The number of anilines is 2.